The molecule has 0 amide bonds. The first kappa shape index (κ1) is 15.0. The molecule has 0 spiro atoms. The van der Waals surface area contributed by atoms with Crippen molar-refractivity contribution in [2.24, 2.45) is 0 Å². The summed E-state index contributed by atoms with van der Waals surface area (Å²) in [7, 11) is 0. The maximum atomic E-state index is 12.8. The van der Waals surface area contributed by atoms with Gasteiger partial charge in [0, 0.05) is 6.04 Å². The zero-order valence-electron chi connectivity index (χ0n) is 11.2. The van der Waals surface area contributed by atoms with E-state index in [-0.39, 0.29) is 11.9 Å². The standard InChI is InChI=1S/C14H14ClF3N2S/c15-8-13-19-11-7-9(14(16,17)18)1-2-12(11)20(13)10-3-5-21-6-4-10/h1-2,7,10H,3-6,8H2. The maximum absolute atomic E-state index is 12.8. The van der Waals surface area contributed by atoms with E-state index < -0.39 is 11.7 Å². The Balaban J connectivity index is 2.10. The number of hydrogen-bond acceptors (Lipinski definition) is 2. The third-order valence-corrected chi connectivity index (χ3v) is 5.05. The summed E-state index contributed by atoms with van der Waals surface area (Å²) in [5.41, 5.74) is 0.453. The second-order valence-electron chi connectivity index (χ2n) is 5.08. The van der Waals surface area contributed by atoms with Crippen molar-refractivity contribution in [3.05, 3.63) is 29.6 Å². The number of rotatable bonds is 2. The highest BCUT2D eigenvalue weighted by Crippen LogP contribution is 2.35. The fourth-order valence-corrected chi connectivity index (χ4v) is 4.04. The van der Waals surface area contributed by atoms with E-state index in [1.165, 1.54) is 6.07 Å². The van der Waals surface area contributed by atoms with Gasteiger partial charge in [0.2, 0.25) is 0 Å². The Morgan fingerprint density at radius 1 is 1.29 bits per heavy atom. The van der Waals surface area contributed by atoms with Gasteiger partial charge in [0.15, 0.2) is 0 Å². The van der Waals surface area contributed by atoms with E-state index in [0.29, 0.717) is 11.3 Å². The lowest BCUT2D eigenvalue weighted by atomic mass is 10.1. The van der Waals surface area contributed by atoms with Crippen LogP contribution in [0.2, 0.25) is 0 Å². The molecule has 0 bridgehead atoms. The van der Waals surface area contributed by atoms with Crippen molar-refractivity contribution in [3.63, 3.8) is 0 Å². The topological polar surface area (TPSA) is 17.8 Å². The SMILES string of the molecule is FC(F)(F)c1ccc2c(c1)nc(CCl)n2C1CCSCC1. The molecule has 114 valence electrons. The molecule has 3 rings (SSSR count). The number of benzene rings is 1. The van der Waals surface area contributed by atoms with Crippen molar-refractivity contribution in [2.45, 2.75) is 30.9 Å². The van der Waals surface area contributed by atoms with Gasteiger partial charge >= 0.3 is 6.18 Å². The normalized spacial score (nSPS) is 17.5. The average molecular weight is 335 g/mol. The predicted molar refractivity (Wildman–Crippen MR) is 79.9 cm³/mol. The van der Waals surface area contributed by atoms with Gasteiger partial charge in [-0.2, -0.15) is 24.9 Å². The largest absolute Gasteiger partial charge is 0.416 e. The van der Waals surface area contributed by atoms with Crippen LogP contribution in [0.4, 0.5) is 13.2 Å². The molecule has 1 aromatic carbocycles. The molecule has 2 heterocycles. The molecule has 7 heteroatoms. The van der Waals surface area contributed by atoms with Crippen LogP contribution in [0.25, 0.3) is 11.0 Å². The summed E-state index contributed by atoms with van der Waals surface area (Å²) in [5.74, 6) is 2.99. The van der Waals surface area contributed by atoms with Gasteiger partial charge in [-0.1, -0.05) is 0 Å². The molecule has 0 saturated carbocycles. The van der Waals surface area contributed by atoms with Gasteiger partial charge in [-0.05, 0) is 42.5 Å². The second kappa shape index (κ2) is 5.72. The van der Waals surface area contributed by atoms with Crippen molar-refractivity contribution >= 4 is 34.4 Å². The Labute approximate surface area is 129 Å². The van der Waals surface area contributed by atoms with E-state index in [1.807, 2.05) is 16.3 Å². The molecular formula is C14H14ClF3N2S. The zero-order chi connectivity index (χ0) is 15.0. The molecule has 1 saturated heterocycles. The van der Waals surface area contributed by atoms with Crippen LogP contribution in [-0.4, -0.2) is 21.1 Å². The van der Waals surface area contributed by atoms with E-state index in [9.17, 15) is 13.2 Å². The Morgan fingerprint density at radius 3 is 2.62 bits per heavy atom. The molecule has 0 radical (unpaired) electrons. The highest BCUT2D eigenvalue weighted by atomic mass is 35.5. The first-order chi connectivity index (χ1) is 10.0. The maximum Gasteiger partial charge on any atom is 0.416 e. The van der Waals surface area contributed by atoms with Gasteiger partial charge in [0.25, 0.3) is 0 Å². The Morgan fingerprint density at radius 2 is 2.00 bits per heavy atom. The Bertz CT molecular complexity index is 647. The smallest absolute Gasteiger partial charge is 0.324 e. The summed E-state index contributed by atoms with van der Waals surface area (Å²) < 4.78 is 40.4. The Kier molecular flexibility index (Phi) is 4.10. The summed E-state index contributed by atoms with van der Waals surface area (Å²) >= 11 is 7.85. The van der Waals surface area contributed by atoms with Crippen LogP contribution < -0.4 is 0 Å². The van der Waals surface area contributed by atoms with E-state index in [0.717, 1.165) is 42.0 Å². The van der Waals surface area contributed by atoms with Crippen LogP contribution in [0.1, 0.15) is 30.3 Å². The number of alkyl halides is 4. The number of nitrogens with zero attached hydrogens (tertiary/aromatic N) is 2. The van der Waals surface area contributed by atoms with Gasteiger partial charge in [0.05, 0.1) is 22.5 Å². The molecule has 21 heavy (non-hydrogen) atoms. The molecule has 1 fully saturated rings. The molecule has 1 aliphatic rings. The van der Waals surface area contributed by atoms with Crippen LogP contribution in [0, 0.1) is 0 Å². The number of halogens is 4. The molecule has 0 atom stereocenters. The van der Waals surface area contributed by atoms with Crippen molar-refractivity contribution < 1.29 is 13.2 Å². The van der Waals surface area contributed by atoms with Gasteiger partial charge in [0.1, 0.15) is 5.82 Å². The first-order valence-electron chi connectivity index (χ1n) is 6.72. The fraction of sp³-hybridized carbons (Fsp3) is 0.500. The molecule has 2 nitrogen and oxygen atoms in total. The van der Waals surface area contributed by atoms with Crippen molar-refractivity contribution in [3.8, 4) is 0 Å². The zero-order valence-corrected chi connectivity index (χ0v) is 12.7. The number of thioether (sulfide) groups is 1. The van der Waals surface area contributed by atoms with Gasteiger partial charge in [-0.15, -0.1) is 11.6 Å². The quantitative estimate of drug-likeness (QED) is 0.730. The summed E-state index contributed by atoms with van der Waals surface area (Å²) in [6, 6.07) is 4.03. The number of fused-ring (bicyclic) bond motifs is 1. The summed E-state index contributed by atoms with van der Waals surface area (Å²) in [6.07, 6.45) is -2.34. The average Bonchev–Trinajstić information content (AvgIpc) is 2.84. The second-order valence-corrected chi connectivity index (χ2v) is 6.57. The van der Waals surface area contributed by atoms with Crippen LogP contribution in [0.15, 0.2) is 18.2 Å². The minimum atomic E-state index is -4.35. The minimum absolute atomic E-state index is 0.208. The molecule has 1 aliphatic heterocycles. The lowest BCUT2D eigenvalue weighted by molar-refractivity contribution is -0.137. The van der Waals surface area contributed by atoms with Crippen LogP contribution >= 0.6 is 23.4 Å². The van der Waals surface area contributed by atoms with Crippen LogP contribution in [-0.2, 0) is 12.1 Å². The fourth-order valence-electron chi connectivity index (χ4n) is 2.77. The van der Waals surface area contributed by atoms with E-state index in [1.54, 1.807) is 0 Å². The molecular weight excluding hydrogens is 321 g/mol. The van der Waals surface area contributed by atoms with Crippen molar-refractivity contribution in [1.29, 1.82) is 0 Å². The predicted octanol–water partition coefficient (Wildman–Crippen LogP) is 4.86. The summed E-state index contributed by atoms with van der Waals surface area (Å²) in [5, 5.41) is 0. The molecule has 1 aromatic heterocycles. The van der Waals surface area contributed by atoms with Gasteiger partial charge < -0.3 is 4.57 Å². The van der Waals surface area contributed by atoms with Crippen molar-refractivity contribution in [2.75, 3.05) is 11.5 Å². The van der Waals surface area contributed by atoms with E-state index in [2.05, 4.69) is 4.98 Å². The lowest BCUT2D eigenvalue weighted by Gasteiger charge is -2.25. The molecule has 0 aliphatic carbocycles. The first-order valence-corrected chi connectivity index (χ1v) is 8.41. The third kappa shape index (κ3) is 2.88. The highest BCUT2D eigenvalue weighted by Gasteiger charge is 2.31. The number of imidazole rings is 1. The van der Waals surface area contributed by atoms with Crippen LogP contribution in [0.5, 0.6) is 0 Å². The molecule has 2 aromatic rings. The Hall–Kier alpha value is -0.880. The summed E-state index contributed by atoms with van der Waals surface area (Å²) in [4.78, 5) is 4.30. The lowest BCUT2D eigenvalue weighted by Crippen LogP contribution is -2.17. The number of aromatic nitrogens is 2. The monoisotopic (exact) mass is 334 g/mol. The van der Waals surface area contributed by atoms with Gasteiger partial charge in [-0.3, -0.25) is 0 Å². The third-order valence-electron chi connectivity index (χ3n) is 3.77. The number of hydrogen-bond donors (Lipinski definition) is 0. The molecule has 0 N–H and O–H groups in total. The van der Waals surface area contributed by atoms with Gasteiger partial charge in [-0.25, -0.2) is 4.98 Å². The minimum Gasteiger partial charge on any atom is -0.324 e. The molecule has 0 unspecified atom stereocenters. The van der Waals surface area contributed by atoms with Crippen molar-refractivity contribution in [1.82, 2.24) is 9.55 Å². The van der Waals surface area contributed by atoms with E-state index >= 15 is 0 Å². The highest BCUT2D eigenvalue weighted by molar-refractivity contribution is 7.99. The van der Waals surface area contributed by atoms with E-state index in [4.69, 9.17) is 11.6 Å². The summed E-state index contributed by atoms with van der Waals surface area (Å²) in [6.45, 7) is 0. The van der Waals surface area contributed by atoms with Crippen LogP contribution in [0.3, 0.4) is 0 Å².